The van der Waals surface area contributed by atoms with Crippen LogP contribution in [0.15, 0.2) is 15.5 Å². The van der Waals surface area contributed by atoms with Gasteiger partial charge in [0.2, 0.25) is 0 Å². The van der Waals surface area contributed by atoms with Crippen LogP contribution in [0.5, 0.6) is 0 Å². The Morgan fingerprint density at radius 1 is 1.23 bits per heavy atom. The number of hydrogen-bond donors (Lipinski definition) is 0. The van der Waals surface area contributed by atoms with Crippen LogP contribution in [0.4, 0.5) is 0 Å². The van der Waals surface area contributed by atoms with Crippen molar-refractivity contribution < 1.29 is 0 Å². The fraction of sp³-hybridized carbons (Fsp3) is 0.667. The molecule has 1 aromatic rings. The quantitative estimate of drug-likeness (QED) is 0.769. The van der Waals surface area contributed by atoms with Gasteiger partial charge in [-0.3, -0.25) is 0 Å². The van der Waals surface area contributed by atoms with Gasteiger partial charge >= 0.3 is 0 Å². The van der Waals surface area contributed by atoms with Crippen LogP contribution in [-0.2, 0) is 0 Å². The Labute approximate surface area is 95.0 Å². The Balaban J connectivity index is 2.22. The van der Waals surface area contributed by atoms with E-state index in [4.69, 9.17) is 0 Å². The Morgan fingerprint density at radius 2 is 1.92 bits per heavy atom. The van der Waals surface area contributed by atoms with E-state index < -0.39 is 0 Å². The Bertz CT molecular complexity index is 270. The lowest BCUT2D eigenvalue weighted by Gasteiger charge is -2.24. The lowest BCUT2D eigenvalue weighted by molar-refractivity contribution is 0.345. The summed E-state index contributed by atoms with van der Waals surface area (Å²) in [6.45, 7) is 0. The zero-order valence-corrected chi connectivity index (χ0v) is 10.5. The minimum Gasteiger partial charge on any atom is -0.310 e. The van der Waals surface area contributed by atoms with Crippen LogP contribution in [-0.4, -0.2) is 9.55 Å². The molecule has 1 aromatic heterocycles. The van der Waals surface area contributed by atoms with Crippen molar-refractivity contribution in [2.45, 2.75) is 38.1 Å². The predicted octanol–water partition coefficient (Wildman–Crippen LogP) is 3.91. The van der Waals surface area contributed by atoms with Crippen LogP contribution >= 0.6 is 31.9 Å². The minimum absolute atomic E-state index is 0.639. The highest BCUT2D eigenvalue weighted by Crippen LogP contribution is 2.33. The molecule has 1 heterocycles. The number of imidazole rings is 1. The molecule has 0 spiro atoms. The van der Waals surface area contributed by atoms with Crippen molar-refractivity contribution in [2.75, 3.05) is 0 Å². The fourth-order valence-corrected chi connectivity index (χ4v) is 3.36. The van der Waals surface area contributed by atoms with Crippen molar-refractivity contribution in [3.8, 4) is 0 Å². The molecule has 0 radical (unpaired) electrons. The maximum Gasteiger partial charge on any atom is 0.178 e. The topological polar surface area (TPSA) is 17.8 Å². The zero-order valence-electron chi connectivity index (χ0n) is 7.34. The third kappa shape index (κ3) is 1.99. The molecule has 0 N–H and O–H groups in total. The molecule has 13 heavy (non-hydrogen) atoms. The number of aromatic nitrogens is 2. The van der Waals surface area contributed by atoms with E-state index in [0.717, 1.165) is 9.34 Å². The maximum absolute atomic E-state index is 4.22. The van der Waals surface area contributed by atoms with Gasteiger partial charge in [0.1, 0.15) is 4.60 Å². The Morgan fingerprint density at radius 3 is 2.46 bits per heavy atom. The van der Waals surface area contributed by atoms with E-state index >= 15 is 0 Å². The third-order valence-electron chi connectivity index (χ3n) is 2.65. The van der Waals surface area contributed by atoms with Crippen molar-refractivity contribution in [1.82, 2.24) is 9.55 Å². The molecular weight excluding hydrogens is 296 g/mol. The maximum atomic E-state index is 4.22. The third-order valence-corrected chi connectivity index (χ3v) is 3.82. The second-order valence-corrected chi connectivity index (χ2v) is 5.03. The number of halogens is 2. The van der Waals surface area contributed by atoms with E-state index in [-0.39, 0.29) is 0 Å². The molecule has 1 fully saturated rings. The number of hydrogen-bond acceptors (Lipinski definition) is 1. The van der Waals surface area contributed by atoms with Crippen molar-refractivity contribution in [3.05, 3.63) is 15.5 Å². The Kier molecular flexibility index (Phi) is 3.09. The van der Waals surface area contributed by atoms with E-state index in [0.29, 0.717) is 6.04 Å². The highest BCUT2D eigenvalue weighted by atomic mass is 79.9. The molecule has 0 saturated heterocycles. The lowest BCUT2D eigenvalue weighted by Crippen LogP contribution is -2.13. The van der Waals surface area contributed by atoms with Crippen LogP contribution in [0.25, 0.3) is 0 Å². The molecule has 4 heteroatoms. The van der Waals surface area contributed by atoms with Gasteiger partial charge in [0.25, 0.3) is 0 Å². The van der Waals surface area contributed by atoms with Crippen molar-refractivity contribution in [2.24, 2.45) is 0 Å². The molecule has 1 aliphatic carbocycles. The summed E-state index contributed by atoms with van der Waals surface area (Å²) in [6, 6.07) is 0.639. The largest absolute Gasteiger partial charge is 0.310 e. The van der Waals surface area contributed by atoms with Crippen LogP contribution in [0.3, 0.4) is 0 Å². The van der Waals surface area contributed by atoms with Crippen LogP contribution in [0.2, 0.25) is 0 Å². The SMILES string of the molecule is Brc1cnc(Br)n1C1CCCCC1. The number of nitrogens with zero attached hydrogens (tertiary/aromatic N) is 2. The first-order chi connectivity index (χ1) is 6.29. The predicted molar refractivity (Wildman–Crippen MR) is 59.7 cm³/mol. The minimum atomic E-state index is 0.639. The van der Waals surface area contributed by atoms with Gasteiger partial charge in [-0.05, 0) is 44.7 Å². The standard InChI is InChI=1S/C9H12Br2N2/c10-8-6-12-9(11)13(8)7-4-2-1-3-5-7/h6-7H,1-5H2. The van der Waals surface area contributed by atoms with E-state index in [9.17, 15) is 0 Å². The summed E-state index contributed by atoms with van der Waals surface area (Å²) in [5, 5.41) is 0. The second kappa shape index (κ2) is 4.13. The lowest BCUT2D eigenvalue weighted by atomic mass is 9.95. The molecule has 2 rings (SSSR count). The van der Waals surface area contributed by atoms with Crippen LogP contribution < -0.4 is 0 Å². The summed E-state index contributed by atoms with van der Waals surface area (Å²) in [4.78, 5) is 4.22. The Hall–Kier alpha value is 0.170. The summed E-state index contributed by atoms with van der Waals surface area (Å²) < 4.78 is 4.29. The summed E-state index contributed by atoms with van der Waals surface area (Å²) in [6.07, 6.45) is 8.52. The monoisotopic (exact) mass is 306 g/mol. The normalized spacial score (nSPS) is 19.2. The smallest absolute Gasteiger partial charge is 0.178 e. The summed E-state index contributed by atoms with van der Waals surface area (Å²) >= 11 is 7.00. The van der Waals surface area contributed by atoms with Gasteiger partial charge in [0, 0.05) is 6.04 Å². The van der Waals surface area contributed by atoms with Gasteiger partial charge in [0.05, 0.1) is 6.20 Å². The van der Waals surface area contributed by atoms with E-state index in [1.54, 1.807) is 0 Å². The summed E-state index contributed by atoms with van der Waals surface area (Å²) in [7, 11) is 0. The van der Waals surface area contributed by atoms with Gasteiger partial charge < -0.3 is 4.57 Å². The van der Waals surface area contributed by atoms with Gasteiger partial charge in [0.15, 0.2) is 4.73 Å². The second-order valence-electron chi connectivity index (χ2n) is 3.51. The molecule has 0 atom stereocenters. The molecule has 72 valence electrons. The molecule has 0 aromatic carbocycles. The first kappa shape index (κ1) is 9.71. The van der Waals surface area contributed by atoms with E-state index in [1.165, 1.54) is 32.1 Å². The van der Waals surface area contributed by atoms with E-state index in [2.05, 4.69) is 41.4 Å². The summed E-state index contributed by atoms with van der Waals surface area (Å²) in [5.74, 6) is 0. The first-order valence-corrected chi connectivity index (χ1v) is 6.26. The highest BCUT2D eigenvalue weighted by molar-refractivity contribution is 9.11. The first-order valence-electron chi connectivity index (χ1n) is 4.67. The average Bonchev–Trinajstić information content (AvgIpc) is 2.48. The van der Waals surface area contributed by atoms with Crippen molar-refractivity contribution in [1.29, 1.82) is 0 Å². The average molecular weight is 308 g/mol. The fourth-order valence-electron chi connectivity index (χ4n) is 1.98. The van der Waals surface area contributed by atoms with Gasteiger partial charge in [-0.25, -0.2) is 4.98 Å². The van der Waals surface area contributed by atoms with Gasteiger partial charge in [-0.1, -0.05) is 19.3 Å². The highest BCUT2D eigenvalue weighted by Gasteiger charge is 2.19. The molecule has 0 unspecified atom stereocenters. The molecule has 2 nitrogen and oxygen atoms in total. The summed E-state index contributed by atoms with van der Waals surface area (Å²) in [5.41, 5.74) is 0. The molecule has 0 aliphatic heterocycles. The van der Waals surface area contributed by atoms with Gasteiger partial charge in [-0.15, -0.1) is 0 Å². The number of rotatable bonds is 1. The van der Waals surface area contributed by atoms with Crippen molar-refractivity contribution >= 4 is 31.9 Å². The van der Waals surface area contributed by atoms with Crippen LogP contribution in [0.1, 0.15) is 38.1 Å². The van der Waals surface area contributed by atoms with E-state index in [1.807, 2.05) is 6.20 Å². The molecule has 1 aliphatic rings. The zero-order chi connectivity index (χ0) is 9.26. The molecule has 0 bridgehead atoms. The van der Waals surface area contributed by atoms with Gasteiger partial charge in [-0.2, -0.15) is 0 Å². The van der Waals surface area contributed by atoms with Crippen molar-refractivity contribution in [3.63, 3.8) is 0 Å². The molecule has 0 amide bonds. The van der Waals surface area contributed by atoms with Crippen LogP contribution in [0, 0.1) is 0 Å². The molecule has 1 saturated carbocycles. The molecular formula is C9H12Br2N2.